The van der Waals surface area contributed by atoms with E-state index in [1.165, 1.54) is 55.9 Å². The summed E-state index contributed by atoms with van der Waals surface area (Å²) in [4.78, 5) is 0. The number of benzene rings is 2. The molecule has 224 valence electrons. The second-order valence-corrected chi connectivity index (χ2v) is 12.4. The van der Waals surface area contributed by atoms with Crippen molar-refractivity contribution < 1.29 is 0 Å². The van der Waals surface area contributed by atoms with Gasteiger partial charge in [0, 0.05) is 12.6 Å². The molecule has 2 aliphatic carbocycles. The molecule has 0 aromatic heterocycles. The fraction of sp³-hybridized carbons (Fsp3) is 0.366. The molecule has 43 heavy (non-hydrogen) atoms. The zero-order chi connectivity index (χ0) is 30.0. The van der Waals surface area contributed by atoms with E-state index in [1.54, 1.807) is 0 Å². The number of hydrogen-bond acceptors (Lipinski definition) is 2. The summed E-state index contributed by atoms with van der Waals surface area (Å²) in [5.41, 5.74) is 9.92. The predicted molar refractivity (Wildman–Crippen MR) is 186 cm³/mol. The van der Waals surface area contributed by atoms with Gasteiger partial charge in [0.25, 0.3) is 0 Å². The van der Waals surface area contributed by atoms with E-state index in [9.17, 15) is 0 Å². The smallest absolute Gasteiger partial charge is 0.0511 e. The minimum Gasteiger partial charge on any atom is -0.384 e. The third-order valence-electron chi connectivity index (χ3n) is 9.47. The van der Waals surface area contributed by atoms with Gasteiger partial charge in [-0.3, -0.25) is 0 Å². The SMILES string of the molecule is C/C=C(CC(C)CC)/C(=C/C=C(\C)C1=c2ccccc2=C(c2ccc(C3CCC=CN3)cc2)CC1)CNC1C=CC=CC1. The van der Waals surface area contributed by atoms with Gasteiger partial charge in [0.2, 0.25) is 0 Å². The van der Waals surface area contributed by atoms with Crippen LogP contribution in [0.5, 0.6) is 0 Å². The molecule has 3 aliphatic rings. The number of rotatable bonds is 11. The topological polar surface area (TPSA) is 24.1 Å². The summed E-state index contributed by atoms with van der Waals surface area (Å²) in [6.45, 7) is 10.0. The van der Waals surface area contributed by atoms with E-state index in [0.717, 1.165) is 45.1 Å². The molecule has 3 atom stereocenters. The number of nitrogens with one attached hydrogen (secondary N) is 2. The minimum absolute atomic E-state index is 0.401. The first-order chi connectivity index (χ1) is 21.1. The zero-order valence-electron chi connectivity index (χ0n) is 26.7. The van der Waals surface area contributed by atoms with Gasteiger partial charge in [-0.25, -0.2) is 0 Å². The number of hydrogen-bond donors (Lipinski definition) is 2. The minimum atomic E-state index is 0.401. The molecule has 0 fully saturated rings. The first-order valence-corrected chi connectivity index (χ1v) is 16.5. The molecule has 0 saturated heterocycles. The molecule has 0 spiro atoms. The van der Waals surface area contributed by atoms with Gasteiger partial charge >= 0.3 is 0 Å². The van der Waals surface area contributed by atoms with E-state index in [2.05, 4.69) is 142 Å². The Hall–Kier alpha value is -3.62. The lowest BCUT2D eigenvalue weighted by atomic mass is 9.86. The Balaban J connectivity index is 1.46. The van der Waals surface area contributed by atoms with Gasteiger partial charge in [0.15, 0.2) is 0 Å². The van der Waals surface area contributed by atoms with Gasteiger partial charge in [-0.15, -0.1) is 0 Å². The summed E-state index contributed by atoms with van der Waals surface area (Å²) >= 11 is 0. The Labute approximate surface area is 260 Å². The lowest BCUT2D eigenvalue weighted by Crippen LogP contribution is -2.32. The third kappa shape index (κ3) is 7.86. The standard InChI is InChI=1S/C41H50N2/c1-5-30(3)28-32(6-2)35(29-43-36-14-8-7-9-15-36)20-19-31(4)37-25-26-38(40-17-11-10-16-39(37)40)33-21-23-34(24-22-33)41-18-12-13-27-42-41/h6-11,13-14,16-17,19-24,27,30,36,41-43H,5,12,15,18,25-26,28-29H2,1-4H3/b31-19+,32-6+,35-20+. The van der Waals surface area contributed by atoms with E-state index in [-0.39, 0.29) is 0 Å². The number of fused-ring (bicyclic) bond motifs is 1. The summed E-state index contributed by atoms with van der Waals surface area (Å²) in [6.07, 6.45) is 28.1. The fourth-order valence-corrected chi connectivity index (χ4v) is 6.56. The van der Waals surface area contributed by atoms with Crippen molar-refractivity contribution >= 4 is 11.1 Å². The average Bonchev–Trinajstić information content (AvgIpc) is 3.07. The molecule has 0 radical (unpaired) electrons. The Bertz CT molecular complexity index is 1560. The van der Waals surface area contributed by atoms with Gasteiger partial charge in [-0.05, 0) is 114 Å². The van der Waals surface area contributed by atoms with Crippen LogP contribution in [0, 0.1) is 5.92 Å². The highest BCUT2D eigenvalue weighted by atomic mass is 14.9. The predicted octanol–water partition coefficient (Wildman–Crippen LogP) is 8.50. The van der Waals surface area contributed by atoms with Crippen LogP contribution in [0.3, 0.4) is 0 Å². The van der Waals surface area contributed by atoms with Crippen molar-refractivity contribution in [3.8, 4) is 0 Å². The molecule has 1 aliphatic heterocycles. The summed E-state index contributed by atoms with van der Waals surface area (Å²) in [7, 11) is 0. The quantitative estimate of drug-likeness (QED) is 0.265. The average molecular weight is 571 g/mol. The van der Waals surface area contributed by atoms with Crippen LogP contribution in [0.2, 0.25) is 0 Å². The van der Waals surface area contributed by atoms with Crippen molar-refractivity contribution in [2.24, 2.45) is 5.92 Å². The molecule has 2 nitrogen and oxygen atoms in total. The normalized spacial score (nSPS) is 21.5. The molecule has 5 rings (SSSR count). The summed E-state index contributed by atoms with van der Waals surface area (Å²) in [5.74, 6) is 0.676. The van der Waals surface area contributed by atoms with Crippen LogP contribution in [-0.4, -0.2) is 12.6 Å². The molecule has 3 unspecified atom stereocenters. The monoisotopic (exact) mass is 570 g/mol. The fourth-order valence-electron chi connectivity index (χ4n) is 6.56. The van der Waals surface area contributed by atoms with Crippen LogP contribution < -0.4 is 21.1 Å². The summed E-state index contributed by atoms with van der Waals surface area (Å²) in [6, 6.07) is 19.2. The molecule has 2 N–H and O–H groups in total. The van der Waals surface area contributed by atoms with Crippen LogP contribution in [0.4, 0.5) is 0 Å². The van der Waals surface area contributed by atoms with Crippen LogP contribution in [0.15, 0.2) is 120 Å². The highest BCUT2D eigenvalue weighted by Crippen LogP contribution is 2.29. The molecule has 0 amide bonds. The van der Waals surface area contributed by atoms with Gasteiger partial charge in [-0.1, -0.05) is 117 Å². The van der Waals surface area contributed by atoms with E-state index in [4.69, 9.17) is 0 Å². The van der Waals surface area contributed by atoms with Gasteiger partial charge in [-0.2, -0.15) is 0 Å². The van der Waals surface area contributed by atoms with Crippen LogP contribution in [-0.2, 0) is 0 Å². The molecule has 2 aromatic carbocycles. The van der Waals surface area contributed by atoms with E-state index in [1.807, 2.05) is 0 Å². The molecule has 2 aromatic rings. The van der Waals surface area contributed by atoms with Crippen molar-refractivity contribution in [1.29, 1.82) is 0 Å². The maximum Gasteiger partial charge on any atom is 0.0511 e. The number of allylic oxidation sites excluding steroid dienone is 7. The Kier molecular flexibility index (Phi) is 10.9. The molecule has 0 bridgehead atoms. The van der Waals surface area contributed by atoms with Gasteiger partial charge < -0.3 is 10.6 Å². The van der Waals surface area contributed by atoms with Crippen LogP contribution >= 0.6 is 0 Å². The highest BCUT2D eigenvalue weighted by molar-refractivity contribution is 5.74. The molecule has 2 heteroatoms. The third-order valence-corrected chi connectivity index (χ3v) is 9.47. The van der Waals surface area contributed by atoms with E-state index >= 15 is 0 Å². The van der Waals surface area contributed by atoms with Gasteiger partial charge in [0.05, 0.1) is 6.04 Å². The van der Waals surface area contributed by atoms with Crippen molar-refractivity contribution in [3.63, 3.8) is 0 Å². The van der Waals surface area contributed by atoms with E-state index < -0.39 is 0 Å². The Morgan fingerprint density at radius 2 is 1.79 bits per heavy atom. The lowest BCUT2D eigenvalue weighted by molar-refractivity contribution is 0.553. The summed E-state index contributed by atoms with van der Waals surface area (Å²) in [5, 5.41) is 10.1. The van der Waals surface area contributed by atoms with Gasteiger partial charge in [0.1, 0.15) is 0 Å². The van der Waals surface area contributed by atoms with E-state index in [0.29, 0.717) is 18.0 Å². The maximum atomic E-state index is 3.80. The second-order valence-electron chi connectivity index (χ2n) is 12.4. The van der Waals surface area contributed by atoms with Crippen molar-refractivity contribution in [2.45, 2.75) is 84.7 Å². The first kappa shape index (κ1) is 30.8. The largest absolute Gasteiger partial charge is 0.384 e. The van der Waals surface area contributed by atoms with Crippen molar-refractivity contribution in [1.82, 2.24) is 10.6 Å². The molecule has 0 saturated carbocycles. The Morgan fingerprint density at radius 3 is 2.49 bits per heavy atom. The second kappa shape index (κ2) is 15.2. The maximum absolute atomic E-state index is 3.80. The molecule has 1 heterocycles. The first-order valence-electron chi connectivity index (χ1n) is 16.5. The van der Waals surface area contributed by atoms with Crippen LogP contribution in [0.25, 0.3) is 11.1 Å². The Morgan fingerprint density at radius 1 is 0.977 bits per heavy atom. The zero-order valence-corrected chi connectivity index (χ0v) is 26.7. The van der Waals surface area contributed by atoms with Crippen molar-refractivity contribution in [3.05, 3.63) is 142 Å². The molecular formula is C41H50N2. The summed E-state index contributed by atoms with van der Waals surface area (Å²) < 4.78 is 0. The lowest BCUT2D eigenvalue weighted by Gasteiger charge is -2.22. The highest BCUT2D eigenvalue weighted by Gasteiger charge is 2.16. The van der Waals surface area contributed by atoms with Crippen LogP contribution in [0.1, 0.15) is 89.8 Å². The van der Waals surface area contributed by atoms with Crippen molar-refractivity contribution in [2.75, 3.05) is 6.54 Å². The molecular weight excluding hydrogens is 520 g/mol.